The normalized spacial score (nSPS) is 11.8. The number of rotatable bonds is 4. The molecule has 6 heteroatoms. The number of alkyl halides is 3. The number of ether oxygens (including phenoxy) is 1. The van der Waals surface area contributed by atoms with E-state index in [1.54, 1.807) is 24.3 Å². The lowest BCUT2D eigenvalue weighted by molar-refractivity contribution is -0.173. The van der Waals surface area contributed by atoms with E-state index < -0.39 is 12.8 Å². The van der Waals surface area contributed by atoms with Crippen LogP contribution in [0.1, 0.15) is 5.56 Å². The Morgan fingerprint density at radius 2 is 2.00 bits per heavy atom. The van der Waals surface area contributed by atoms with Gasteiger partial charge in [0.15, 0.2) is 0 Å². The van der Waals surface area contributed by atoms with Crippen molar-refractivity contribution in [2.24, 2.45) is 5.16 Å². The first-order chi connectivity index (χ1) is 7.53. The van der Waals surface area contributed by atoms with Crippen molar-refractivity contribution >= 4 is 6.21 Å². The molecule has 16 heavy (non-hydrogen) atoms. The maximum absolute atomic E-state index is 11.7. The first-order valence-electron chi connectivity index (χ1n) is 4.31. The van der Waals surface area contributed by atoms with E-state index in [2.05, 4.69) is 16.2 Å². The lowest BCUT2D eigenvalue weighted by atomic mass is 10.2. The smallest absolute Gasteiger partial charge is 0.425 e. The Morgan fingerprint density at radius 1 is 1.31 bits per heavy atom. The Hall–Kier alpha value is -1.72. The van der Waals surface area contributed by atoms with Crippen LogP contribution < -0.4 is 4.74 Å². The van der Waals surface area contributed by atoms with Gasteiger partial charge in [0, 0.05) is 5.56 Å². The van der Waals surface area contributed by atoms with E-state index in [4.69, 9.17) is 4.74 Å². The van der Waals surface area contributed by atoms with Crippen LogP contribution in [0, 0.1) is 0 Å². The number of halogens is 3. The summed E-state index contributed by atoms with van der Waals surface area (Å²) >= 11 is 0. The van der Waals surface area contributed by atoms with Crippen LogP contribution in [-0.4, -0.2) is 26.1 Å². The quantitative estimate of drug-likeness (QED) is 0.589. The molecule has 0 aliphatic carbocycles. The molecule has 0 amide bonds. The fourth-order valence-corrected chi connectivity index (χ4v) is 0.924. The van der Waals surface area contributed by atoms with E-state index in [0.29, 0.717) is 11.3 Å². The summed E-state index contributed by atoms with van der Waals surface area (Å²) < 4.78 is 40.0. The first kappa shape index (κ1) is 12.4. The average Bonchev–Trinajstić information content (AvgIpc) is 2.23. The summed E-state index contributed by atoms with van der Waals surface area (Å²) in [4.78, 5) is 4.03. The van der Waals surface area contributed by atoms with Crippen LogP contribution in [-0.2, 0) is 4.84 Å². The van der Waals surface area contributed by atoms with Gasteiger partial charge in [-0.15, -0.1) is 0 Å². The molecule has 0 saturated carbocycles. The Labute approximate surface area is 90.5 Å². The van der Waals surface area contributed by atoms with Crippen LogP contribution in [0.2, 0.25) is 0 Å². The molecular formula is C10H9F3NO2. The molecule has 0 fully saturated rings. The van der Waals surface area contributed by atoms with Crippen molar-refractivity contribution in [3.63, 3.8) is 0 Å². The molecule has 0 heterocycles. The zero-order chi connectivity index (χ0) is 12.0. The number of nitrogens with zero attached hydrogens (tertiary/aromatic N) is 1. The van der Waals surface area contributed by atoms with Gasteiger partial charge in [-0.2, -0.15) is 13.2 Å². The molecule has 0 saturated heterocycles. The third kappa shape index (κ3) is 4.20. The van der Waals surface area contributed by atoms with Crippen molar-refractivity contribution in [2.75, 3.05) is 13.7 Å². The van der Waals surface area contributed by atoms with Crippen molar-refractivity contribution in [1.29, 1.82) is 0 Å². The van der Waals surface area contributed by atoms with E-state index in [0.717, 1.165) is 0 Å². The van der Waals surface area contributed by atoms with Gasteiger partial charge in [0.1, 0.15) is 12.0 Å². The number of methoxy groups -OCH3 is 1. The van der Waals surface area contributed by atoms with E-state index in [1.807, 2.05) is 0 Å². The van der Waals surface area contributed by atoms with Gasteiger partial charge < -0.3 is 9.57 Å². The van der Waals surface area contributed by atoms with Crippen molar-refractivity contribution in [2.45, 2.75) is 6.18 Å². The third-order valence-corrected chi connectivity index (χ3v) is 1.57. The summed E-state index contributed by atoms with van der Waals surface area (Å²) in [6.45, 7) is -1.44. The van der Waals surface area contributed by atoms with E-state index in [1.165, 1.54) is 7.11 Å². The van der Waals surface area contributed by atoms with Gasteiger partial charge >= 0.3 is 6.18 Å². The number of para-hydroxylation sites is 1. The van der Waals surface area contributed by atoms with Crippen molar-refractivity contribution in [1.82, 2.24) is 0 Å². The van der Waals surface area contributed by atoms with Crippen molar-refractivity contribution < 1.29 is 22.7 Å². The summed E-state index contributed by atoms with van der Waals surface area (Å²) in [6, 6.07) is 6.64. The number of benzene rings is 1. The molecule has 1 aromatic rings. The molecule has 1 rings (SSSR count). The van der Waals surface area contributed by atoms with Crippen molar-refractivity contribution in [3.05, 3.63) is 29.8 Å². The van der Waals surface area contributed by atoms with Gasteiger partial charge in [0.2, 0.25) is 6.61 Å². The maximum atomic E-state index is 11.7. The molecule has 87 valence electrons. The highest BCUT2D eigenvalue weighted by Crippen LogP contribution is 2.16. The van der Waals surface area contributed by atoms with E-state index in [-0.39, 0.29) is 0 Å². The Kier molecular flexibility index (Phi) is 4.16. The van der Waals surface area contributed by atoms with Crippen LogP contribution in [0.5, 0.6) is 5.75 Å². The average molecular weight is 232 g/mol. The lowest BCUT2D eigenvalue weighted by Crippen LogP contribution is -2.14. The van der Waals surface area contributed by atoms with Crippen molar-refractivity contribution in [3.8, 4) is 5.75 Å². The fourth-order valence-electron chi connectivity index (χ4n) is 0.924. The molecule has 0 aliphatic heterocycles. The second-order valence-electron chi connectivity index (χ2n) is 2.79. The molecular weight excluding hydrogens is 223 g/mol. The molecule has 0 aromatic heterocycles. The zero-order valence-electron chi connectivity index (χ0n) is 8.41. The molecule has 1 aromatic carbocycles. The summed E-state index contributed by atoms with van der Waals surface area (Å²) in [5.74, 6) is 0.460. The minimum absolute atomic E-state index is 0.423. The SMILES string of the molecule is COc1ccccc1/[C]=N\OCC(F)(F)F. The Balaban J connectivity index is 2.56. The van der Waals surface area contributed by atoms with Gasteiger partial charge in [-0.1, -0.05) is 17.3 Å². The predicted molar refractivity (Wildman–Crippen MR) is 51.5 cm³/mol. The van der Waals surface area contributed by atoms with Crippen LogP contribution in [0.4, 0.5) is 13.2 Å². The second-order valence-corrected chi connectivity index (χ2v) is 2.79. The van der Waals surface area contributed by atoms with Gasteiger partial charge in [-0.25, -0.2) is 0 Å². The summed E-state index contributed by atoms with van der Waals surface area (Å²) in [6.07, 6.45) is -2.08. The van der Waals surface area contributed by atoms with E-state index in [9.17, 15) is 13.2 Å². The molecule has 0 atom stereocenters. The van der Waals surface area contributed by atoms with Gasteiger partial charge in [0.25, 0.3) is 0 Å². The number of hydrogen-bond acceptors (Lipinski definition) is 3. The van der Waals surface area contributed by atoms with E-state index >= 15 is 0 Å². The van der Waals surface area contributed by atoms with Crippen LogP contribution in [0.15, 0.2) is 29.4 Å². The topological polar surface area (TPSA) is 30.8 Å². The second kappa shape index (κ2) is 5.39. The zero-order valence-corrected chi connectivity index (χ0v) is 8.41. The Bertz CT molecular complexity index is 363. The Morgan fingerprint density at radius 3 is 2.62 bits per heavy atom. The highest BCUT2D eigenvalue weighted by molar-refractivity contribution is 5.82. The van der Waals surface area contributed by atoms with Crippen LogP contribution in [0.3, 0.4) is 0 Å². The standard InChI is InChI=1S/C10H9F3NO2/c1-15-9-5-3-2-4-8(9)6-14-16-7-10(11,12)13/h2-5H,7H2,1H3. The summed E-state index contributed by atoms with van der Waals surface area (Å²) in [5.41, 5.74) is 0.423. The lowest BCUT2D eigenvalue weighted by Gasteiger charge is -2.04. The van der Waals surface area contributed by atoms with Gasteiger partial charge in [-0.3, -0.25) is 0 Å². The summed E-state index contributed by atoms with van der Waals surface area (Å²) in [7, 11) is 1.44. The fraction of sp³-hybridized carbons (Fsp3) is 0.300. The maximum Gasteiger partial charge on any atom is 0.425 e. The number of hydrogen-bond donors (Lipinski definition) is 0. The van der Waals surface area contributed by atoms with Crippen LogP contribution in [0.25, 0.3) is 0 Å². The molecule has 0 N–H and O–H groups in total. The minimum atomic E-state index is -4.40. The molecule has 0 bridgehead atoms. The molecule has 0 unspecified atom stereocenters. The third-order valence-electron chi connectivity index (χ3n) is 1.57. The minimum Gasteiger partial charge on any atom is -0.496 e. The largest absolute Gasteiger partial charge is 0.496 e. The molecule has 0 spiro atoms. The van der Waals surface area contributed by atoms with Crippen LogP contribution >= 0.6 is 0 Å². The van der Waals surface area contributed by atoms with Gasteiger partial charge in [-0.05, 0) is 12.1 Å². The van der Waals surface area contributed by atoms with Gasteiger partial charge in [0.05, 0.1) is 7.11 Å². The molecule has 1 radical (unpaired) electrons. The summed E-state index contributed by atoms with van der Waals surface area (Å²) in [5, 5.41) is 3.09. The first-order valence-corrected chi connectivity index (χ1v) is 4.31. The highest BCUT2D eigenvalue weighted by Gasteiger charge is 2.28. The monoisotopic (exact) mass is 232 g/mol. The predicted octanol–water partition coefficient (Wildman–Crippen LogP) is 2.49. The highest BCUT2D eigenvalue weighted by atomic mass is 19.4. The molecule has 3 nitrogen and oxygen atoms in total. The molecule has 0 aliphatic rings.